The number of hydrogen-bond donors (Lipinski definition) is 1. The molecule has 10 heteroatoms. The van der Waals surface area contributed by atoms with Gasteiger partial charge in [0.05, 0.1) is 17.1 Å². The van der Waals surface area contributed by atoms with Gasteiger partial charge in [-0.2, -0.15) is 5.10 Å². The van der Waals surface area contributed by atoms with Crippen LogP contribution in [0.15, 0.2) is 76.8 Å². The van der Waals surface area contributed by atoms with E-state index in [9.17, 15) is 22.7 Å². The van der Waals surface area contributed by atoms with Crippen LogP contribution in [0.4, 0.5) is 4.39 Å². The van der Waals surface area contributed by atoms with Crippen LogP contribution in [-0.2, 0) is 16.4 Å². The van der Waals surface area contributed by atoms with Crippen LogP contribution >= 0.6 is 0 Å². The fourth-order valence-electron chi connectivity index (χ4n) is 4.36. The van der Waals surface area contributed by atoms with Gasteiger partial charge < -0.3 is 9.67 Å². The minimum Gasteiger partial charge on any atom is -0.503 e. The molecule has 168 valence electrons. The van der Waals surface area contributed by atoms with E-state index < -0.39 is 38.8 Å². The Hall–Kier alpha value is -3.79. The topological polar surface area (TPSA) is 107 Å². The molecule has 0 bridgehead atoms. The Kier molecular flexibility index (Phi) is 4.89. The summed E-state index contributed by atoms with van der Waals surface area (Å²) >= 11 is 0. The van der Waals surface area contributed by atoms with Crippen LogP contribution in [0.2, 0.25) is 0 Å². The second-order valence-corrected chi connectivity index (χ2v) is 10.0. The molecular weight excluding hydrogens is 447 g/mol. The zero-order valence-electron chi connectivity index (χ0n) is 17.5. The van der Waals surface area contributed by atoms with Gasteiger partial charge in [-0.3, -0.25) is 9.48 Å². The molecule has 0 aliphatic carbocycles. The summed E-state index contributed by atoms with van der Waals surface area (Å²) in [5.41, 5.74) is 0.939. The maximum atomic E-state index is 13.7. The van der Waals surface area contributed by atoms with E-state index in [4.69, 9.17) is 0 Å². The van der Waals surface area contributed by atoms with Crippen LogP contribution < -0.4 is 5.43 Å². The minimum atomic E-state index is -3.47. The van der Waals surface area contributed by atoms with E-state index in [0.717, 1.165) is 18.0 Å². The molecule has 1 aliphatic rings. The molecule has 0 saturated carbocycles. The van der Waals surface area contributed by atoms with Crippen molar-refractivity contribution in [2.45, 2.75) is 23.4 Å². The number of nitrogens with zero attached hydrogens (tertiary/aromatic N) is 4. The molecule has 5 rings (SSSR count). The Labute approximate surface area is 188 Å². The van der Waals surface area contributed by atoms with Crippen LogP contribution in [0.1, 0.15) is 23.1 Å². The van der Waals surface area contributed by atoms with E-state index in [0.29, 0.717) is 17.9 Å². The largest absolute Gasteiger partial charge is 0.503 e. The van der Waals surface area contributed by atoms with E-state index in [-0.39, 0.29) is 10.6 Å². The standard InChI is InChI=1S/C23H19FN4O4S/c1-33(31,32)17-4-2-3-15(11-17)20(14-5-7-16(24)8-6-14)18-13-27-10-9-25-23(27)21-22(30)19(29)12-26-28(18)21/h2-12,18,20,30H,13H2,1H3/t18-,20+/m1/s1. The lowest BCUT2D eigenvalue weighted by Crippen LogP contribution is -2.32. The first-order chi connectivity index (χ1) is 15.7. The Morgan fingerprint density at radius 3 is 2.64 bits per heavy atom. The molecule has 8 nitrogen and oxygen atoms in total. The number of aromatic hydroxyl groups is 1. The second-order valence-electron chi connectivity index (χ2n) is 8.00. The zero-order valence-corrected chi connectivity index (χ0v) is 18.3. The van der Waals surface area contributed by atoms with Gasteiger partial charge in [-0.1, -0.05) is 24.3 Å². The van der Waals surface area contributed by atoms with Crippen LogP contribution in [0.25, 0.3) is 11.5 Å². The molecule has 0 amide bonds. The summed E-state index contributed by atoms with van der Waals surface area (Å²) in [6, 6.07) is 12.0. The SMILES string of the molecule is CS(=O)(=O)c1cccc([C@H](c2ccc(F)cc2)[C@H]2Cn3ccnc3-c3c(O)c(=O)cnn32)c1. The molecule has 0 fully saturated rings. The van der Waals surface area contributed by atoms with Crippen molar-refractivity contribution in [2.75, 3.05) is 6.26 Å². The van der Waals surface area contributed by atoms with Crippen molar-refractivity contribution in [1.82, 2.24) is 19.3 Å². The van der Waals surface area contributed by atoms with Crippen LogP contribution in [0.5, 0.6) is 5.75 Å². The molecule has 0 radical (unpaired) electrons. The van der Waals surface area contributed by atoms with Crippen molar-refractivity contribution < 1.29 is 17.9 Å². The highest BCUT2D eigenvalue weighted by Gasteiger charge is 2.35. The summed E-state index contributed by atoms with van der Waals surface area (Å²) in [5, 5.41) is 14.9. The van der Waals surface area contributed by atoms with Gasteiger partial charge in [-0.15, -0.1) is 0 Å². The molecule has 4 aromatic rings. The summed E-state index contributed by atoms with van der Waals surface area (Å²) in [4.78, 5) is 16.6. The van der Waals surface area contributed by atoms with Crippen molar-refractivity contribution in [3.05, 3.63) is 94.3 Å². The molecule has 1 N–H and O–H groups in total. The maximum absolute atomic E-state index is 13.7. The van der Waals surface area contributed by atoms with Gasteiger partial charge in [0.1, 0.15) is 11.5 Å². The molecule has 2 aromatic carbocycles. The number of rotatable bonds is 4. The third-order valence-electron chi connectivity index (χ3n) is 5.87. The predicted molar refractivity (Wildman–Crippen MR) is 118 cm³/mol. The number of halogens is 1. The molecule has 33 heavy (non-hydrogen) atoms. The average Bonchev–Trinajstić information content (AvgIpc) is 3.25. The normalized spacial score (nSPS) is 16.1. The Balaban J connectivity index is 1.76. The maximum Gasteiger partial charge on any atom is 0.242 e. The molecule has 0 unspecified atom stereocenters. The number of aromatic nitrogens is 4. The predicted octanol–water partition coefficient (Wildman–Crippen LogP) is 2.74. The van der Waals surface area contributed by atoms with Crippen molar-refractivity contribution in [3.8, 4) is 17.3 Å². The lowest BCUT2D eigenvalue weighted by Gasteiger charge is -2.34. The Bertz CT molecular complexity index is 1530. The first-order valence-corrected chi connectivity index (χ1v) is 12.0. The summed E-state index contributed by atoms with van der Waals surface area (Å²) in [7, 11) is -3.47. The molecule has 0 saturated heterocycles. The van der Waals surface area contributed by atoms with Crippen molar-refractivity contribution in [2.24, 2.45) is 0 Å². The molecule has 2 aromatic heterocycles. The van der Waals surface area contributed by atoms with Gasteiger partial charge in [-0.25, -0.2) is 17.8 Å². The van der Waals surface area contributed by atoms with E-state index in [1.807, 2.05) is 0 Å². The van der Waals surface area contributed by atoms with Crippen molar-refractivity contribution >= 4 is 9.84 Å². The monoisotopic (exact) mass is 466 g/mol. The van der Waals surface area contributed by atoms with Crippen LogP contribution in [0, 0.1) is 5.82 Å². The first-order valence-electron chi connectivity index (χ1n) is 10.1. The number of imidazole rings is 1. The molecular formula is C23H19FN4O4S. The molecule has 1 aliphatic heterocycles. The number of hydrogen-bond acceptors (Lipinski definition) is 6. The van der Waals surface area contributed by atoms with E-state index in [1.165, 1.54) is 18.2 Å². The quantitative estimate of drug-likeness (QED) is 0.496. The van der Waals surface area contributed by atoms with Gasteiger partial charge in [-0.05, 0) is 35.4 Å². The third-order valence-corrected chi connectivity index (χ3v) is 6.98. The average molecular weight is 466 g/mol. The lowest BCUT2D eigenvalue weighted by molar-refractivity contribution is 0.331. The van der Waals surface area contributed by atoms with Gasteiger partial charge in [0.25, 0.3) is 0 Å². The van der Waals surface area contributed by atoms with Gasteiger partial charge >= 0.3 is 0 Å². The summed E-state index contributed by atoms with van der Waals surface area (Å²) < 4.78 is 41.5. The van der Waals surface area contributed by atoms with E-state index in [2.05, 4.69) is 10.1 Å². The van der Waals surface area contributed by atoms with E-state index >= 15 is 0 Å². The van der Waals surface area contributed by atoms with Crippen LogP contribution in [0.3, 0.4) is 0 Å². The second kappa shape index (κ2) is 7.66. The smallest absolute Gasteiger partial charge is 0.242 e. The van der Waals surface area contributed by atoms with Crippen molar-refractivity contribution in [3.63, 3.8) is 0 Å². The van der Waals surface area contributed by atoms with Crippen molar-refractivity contribution in [1.29, 1.82) is 0 Å². The highest BCUT2D eigenvalue weighted by atomic mass is 32.2. The van der Waals surface area contributed by atoms with Gasteiger partial charge in [0, 0.05) is 31.1 Å². The van der Waals surface area contributed by atoms with Crippen LogP contribution in [-0.4, -0.2) is 39.1 Å². The molecule has 3 heterocycles. The lowest BCUT2D eigenvalue weighted by atomic mass is 9.84. The zero-order chi connectivity index (χ0) is 23.3. The highest BCUT2D eigenvalue weighted by Crippen LogP contribution is 2.42. The molecule has 0 spiro atoms. The number of benzene rings is 2. The first kappa shape index (κ1) is 21.1. The fraction of sp³-hybridized carbons (Fsp3) is 0.174. The van der Waals surface area contributed by atoms with Gasteiger partial charge in [0.15, 0.2) is 21.4 Å². The third kappa shape index (κ3) is 3.62. The Morgan fingerprint density at radius 1 is 1.15 bits per heavy atom. The van der Waals surface area contributed by atoms with Gasteiger partial charge in [0.2, 0.25) is 5.43 Å². The molecule has 2 atom stereocenters. The Morgan fingerprint density at radius 2 is 1.91 bits per heavy atom. The summed E-state index contributed by atoms with van der Waals surface area (Å²) in [5.74, 6) is -0.944. The number of fused-ring (bicyclic) bond motifs is 3. The summed E-state index contributed by atoms with van der Waals surface area (Å²) in [6.45, 7) is 0.378. The fourth-order valence-corrected chi connectivity index (χ4v) is 5.04. The highest BCUT2D eigenvalue weighted by molar-refractivity contribution is 7.90. The number of sulfone groups is 1. The summed E-state index contributed by atoms with van der Waals surface area (Å²) in [6.07, 6.45) is 5.48. The minimum absolute atomic E-state index is 0.155. The van der Waals surface area contributed by atoms with E-state index in [1.54, 1.807) is 52.0 Å².